The van der Waals surface area contributed by atoms with Crippen LogP contribution in [0.15, 0.2) is 18.2 Å². The average Bonchev–Trinajstić information content (AvgIpc) is 2.45. The Balaban J connectivity index is 2.18. The van der Waals surface area contributed by atoms with E-state index in [1.165, 1.54) is 0 Å². The van der Waals surface area contributed by atoms with E-state index in [1.807, 2.05) is 6.92 Å². The molecule has 1 aliphatic rings. The summed E-state index contributed by atoms with van der Waals surface area (Å²) in [6.07, 6.45) is 0.964. The van der Waals surface area contributed by atoms with Gasteiger partial charge in [-0.3, -0.25) is 9.69 Å². The van der Waals surface area contributed by atoms with Gasteiger partial charge in [-0.2, -0.15) is 0 Å². The zero-order chi connectivity index (χ0) is 14.7. The van der Waals surface area contributed by atoms with Crippen molar-refractivity contribution in [3.8, 4) is 0 Å². The van der Waals surface area contributed by atoms with Gasteiger partial charge in [0.2, 0.25) is 0 Å². The smallest absolute Gasteiger partial charge is 0.181 e. The normalized spacial score (nSPS) is 21.7. The summed E-state index contributed by atoms with van der Waals surface area (Å²) >= 11 is 12.0. The largest absolute Gasteiger partial charge is 0.378 e. The van der Waals surface area contributed by atoms with Crippen LogP contribution in [0.5, 0.6) is 0 Å². The maximum absolute atomic E-state index is 12.6. The number of ketones is 1. The molecule has 0 saturated carbocycles. The second kappa shape index (κ2) is 6.90. The van der Waals surface area contributed by atoms with E-state index in [9.17, 15) is 4.79 Å². The molecule has 0 aliphatic carbocycles. The highest BCUT2D eigenvalue weighted by Gasteiger charge is 2.30. The summed E-state index contributed by atoms with van der Waals surface area (Å²) in [6, 6.07) is 5.09. The fraction of sp³-hybridized carbons (Fsp3) is 0.533. The molecule has 1 fully saturated rings. The van der Waals surface area contributed by atoms with Crippen LogP contribution in [-0.2, 0) is 4.74 Å². The quantitative estimate of drug-likeness (QED) is 0.794. The highest BCUT2D eigenvalue weighted by atomic mass is 35.5. The molecule has 0 bridgehead atoms. The molecule has 2 rings (SSSR count). The lowest BCUT2D eigenvalue weighted by molar-refractivity contribution is -0.0220. The molecule has 1 aromatic rings. The van der Waals surface area contributed by atoms with Gasteiger partial charge in [-0.25, -0.2) is 0 Å². The number of nitrogens with zero attached hydrogens (tertiary/aromatic N) is 1. The van der Waals surface area contributed by atoms with Gasteiger partial charge in [0.25, 0.3) is 0 Å². The summed E-state index contributed by atoms with van der Waals surface area (Å²) in [5, 5.41) is 0.952. The number of hydrogen-bond donors (Lipinski definition) is 0. The number of halogens is 2. The van der Waals surface area contributed by atoms with Crippen LogP contribution in [0.1, 0.15) is 30.6 Å². The molecule has 110 valence electrons. The SMILES string of the molecule is CCC1COCCN1C(C)C(=O)c1ccc(Cl)cc1Cl. The summed E-state index contributed by atoms with van der Waals surface area (Å²) in [5.41, 5.74) is 0.532. The molecule has 2 unspecified atom stereocenters. The summed E-state index contributed by atoms with van der Waals surface area (Å²) in [7, 11) is 0. The highest BCUT2D eigenvalue weighted by Crippen LogP contribution is 2.24. The topological polar surface area (TPSA) is 29.5 Å². The Morgan fingerprint density at radius 1 is 1.50 bits per heavy atom. The van der Waals surface area contributed by atoms with Crippen LogP contribution in [0.25, 0.3) is 0 Å². The molecule has 0 radical (unpaired) electrons. The van der Waals surface area contributed by atoms with Crippen LogP contribution < -0.4 is 0 Å². The lowest BCUT2D eigenvalue weighted by Crippen LogP contribution is -2.52. The summed E-state index contributed by atoms with van der Waals surface area (Å²) in [4.78, 5) is 14.8. The van der Waals surface area contributed by atoms with Crippen LogP contribution >= 0.6 is 23.2 Å². The molecular formula is C15H19Cl2NO2. The third kappa shape index (κ3) is 3.34. The van der Waals surface area contributed by atoms with Crippen molar-refractivity contribution in [3.63, 3.8) is 0 Å². The zero-order valence-electron chi connectivity index (χ0n) is 11.7. The van der Waals surface area contributed by atoms with Gasteiger partial charge < -0.3 is 4.74 Å². The third-order valence-corrected chi connectivity index (χ3v) is 4.37. The summed E-state index contributed by atoms with van der Waals surface area (Å²) < 4.78 is 5.48. The van der Waals surface area contributed by atoms with Gasteiger partial charge in [-0.1, -0.05) is 30.1 Å². The predicted octanol–water partition coefficient (Wildman–Crippen LogP) is 3.68. The van der Waals surface area contributed by atoms with Gasteiger partial charge >= 0.3 is 0 Å². The monoisotopic (exact) mass is 315 g/mol. The van der Waals surface area contributed by atoms with E-state index >= 15 is 0 Å². The van der Waals surface area contributed by atoms with E-state index in [0.29, 0.717) is 28.8 Å². The van der Waals surface area contributed by atoms with Gasteiger partial charge in [-0.15, -0.1) is 0 Å². The van der Waals surface area contributed by atoms with Gasteiger partial charge in [0.15, 0.2) is 5.78 Å². The molecule has 2 atom stereocenters. The van der Waals surface area contributed by atoms with Crippen LogP contribution in [0, 0.1) is 0 Å². The van der Waals surface area contributed by atoms with E-state index < -0.39 is 0 Å². The fourth-order valence-corrected chi connectivity index (χ4v) is 3.10. The van der Waals surface area contributed by atoms with Gasteiger partial charge in [0, 0.05) is 23.2 Å². The van der Waals surface area contributed by atoms with E-state index in [0.717, 1.165) is 13.0 Å². The minimum absolute atomic E-state index is 0.0343. The first-order valence-electron chi connectivity index (χ1n) is 6.87. The first-order valence-corrected chi connectivity index (χ1v) is 7.63. The zero-order valence-corrected chi connectivity index (χ0v) is 13.2. The molecule has 5 heteroatoms. The minimum atomic E-state index is -0.206. The van der Waals surface area contributed by atoms with Crippen molar-refractivity contribution < 1.29 is 9.53 Å². The summed E-state index contributed by atoms with van der Waals surface area (Å²) in [6.45, 7) is 6.17. The highest BCUT2D eigenvalue weighted by molar-refractivity contribution is 6.37. The Morgan fingerprint density at radius 2 is 2.25 bits per heavy atom. The predicted molar refractivity (Wildman–Crippen MR) is 81.9 cm³/mol. The van der Waals surface area contributed by atoms with E-state index in [4.69, 9.17) is 27.9 Å². The van der Waals surface area contributed by atoms with Crippen molar-refractivity contribution in [2.45, 2.75) is 32.4 Å². The first kappa shape index (κ1) is 15.8. The third-order valence-electron chi connectivity index (χ3n) is 3.82. The molecule has 1 heterocycles. The Kier molecular flexibility index (Phi) is 5.44. The molecule has 20 heavy (non-hydrogen) atoms. The Bertz CT molecular complexity index is 493. The van der Waals surface area contributed by atoms with Gasteiger partial charge in [-0.05, 0) is 31.5 Å². The van der Waals surface area contributed by atoms with Crippen molar-refractivity contribution in [1.29, 1.82) is 0 Å². The molecule has 3 nitrogen and oxygen atoms in total. The van der Waals surface area contributed by atoms with E-state index in [-0.39, 0.29) is 17.9 Å². The standard InChI is InChI=1S/C15H19Cl2NO2/c1-3-12-9-20-7-6-18(12)10(2)15(19)13-5-4-11(16)8-14(13)17/h4-5,8,10,12H,3,6-7,9H2,1-2H3. The maximum Gasteiger partial charge on any atom is 0.181 e. The molecule has 0 amide bonds. The van der Waals surface area contributed by atoms with Crippen molar-refractivity contribution in [2.24, 2.45) is 0 Å². The number of benzene rings is 1. The molecule has 1 aromatic carbocycles. The van der Waals surface area contributed by atoms with Crippen LogP contribution in [0.3, 0.4) is 0 Å². The van der Waals surface area contributed by atoms with Crippen molar-refractivity contribution >= 4 is 29.0 Å². The number of Topliss-reactive ketones (excluding diaryl/α,β-unsaturated/α-hetero) is 1. The molecule has 1 saturated heterocycles. The molecule has 0 N–H and O–H groups in total. The van der Waals surface area contributed by atoms with E-state index in [2.05, 4.69) is 11.8 Å². The molecule has 1 aliphatic heterocycles. The average molecular weight is 316 g/mol. The fourth-order valence-electron chi connectivity index (χ4n) is 2.59. The number of hydrogen-bond acceptors (Lipinski definition) is 3. The van der Waals surface area contributed by atoms with Crippen LogP contribution in [0.2, 0.25) is 10.0 Å². The Labute approximate surface area is 129 Å². The van der Waals surface area contributed by atoms with Gasteiger partial charge in [0.1, 0.15) is 0 Å². The second-order valence-electron chi connectivity index (χ2n) is 5.04. The number of morpholine rings is 1. The Morgan fingerprint density at radius 3 is 2.90 bits per heavy atom. The lowest BCUT2D eigenvalue weighted by Gasteiger charge is -2.38. The van der Waals surface area contributed by atoms with Crippen molar-refractivity contribution in [2.75, 3.05) is 19.8 Å². The van der Waals surface area contributed by atoms with Crippen LogP contribution in [-0.4, -0.2) is 42.5 Å². The van der Waals surface area contributed by atoms with Crippen LogP contribution in [0.4, 0.5) is 0 Å². The van der Waals surface area contributed by atoms with Gasteiger partial charge in [0.05, 0.1) is 24.3 Å². The molecular weight excluding hydrogens is 297 g/mol. The number of ether oxygens (including phenoxy) is 1. The number of carbonyl (C=O) groups is 1. The first-order chi connectivity index (χ1) is 9.54. The minimum Gasteiger partial charge on any atom is -0.378 e. The maximum atomic E-state index is 12.6. The van der Waals surface area contributed by atoms with Crippen molar-refractivity contribution in [3.05, 3.63) is 33.8 Å². The molecule has 0 aromatic heterocycles. The lowest BCUT2D eigenvalue weighted by atomic mass is 10.0. The molecule has 0 spiro atoms. The second-order valence-corrected chi connectivity index (χ2v) is 5.88. The summed E-state index contributed by atoms with van der Waals surface area (Å²) in [5.74, 6) is 0.0343. The number of rotatable bonds is 4. The number of carbonyl (C=O) groups excluding carboxylic acids is 1. The van der Waals surface area contributed by atoms with E-state index in [1.54, 1.807) is 18.2 Å². The Hall–Kier alpha value is -0.610. The van der Waals surface area contributed by atoms with Crippen molar-refractivity contribution in [1.82, 2.24) is 4.90 Å².